The number of hydrogen-bond donors (Lipinski definition) is 3. The summed E-state index contributed by atoms with van der Waals surface area (Å²) < 4.78 is 0. The Labute approximate surface area is 206 Å². The fourth-order valence-corrected chi connectivity index (χ4v) is 5.12. The lowest BCUT2D eigenvalue weighted by Crippen LogP contribution is -2.50. The van der Waals surface area contributed by atoms with Crippen molar-refractivity contribution in [1.29, 1.82) is 0 Å². The number of benzene rings is 1. The number of piperidine rings is 1. The van der Waals surface area contributed by atoms with Gasteiger partial charge in [-0.15, -0.1) is 0 Å². The maximum absolute atomic E-state index is 13.1. The van der Waals surface area contributed by atoms with Gasteiger partial charge in [-0.1, -0.05) is 13.8 Å². The highest BCUT2D eigenvalue weighted by atomic mass is 16.2. The number of nitrogens with one attached hydrogen (secondary N) is 2. The molecule has 0 spiro atoms. The quantitative estimate of drug-likeness (QED) is 0.498. The number of nitrogens with two attached hydrogens (primary N) is 1. The van der Waals surface area contributed by atoms with Gasteiger partial charge in [0.05, 0.1) is 5.56 Å². The number of pyridine rings is 1. The smallest absolute Gasteiger partial charge is 0.251 e. The summed E-state index contributed by atoms with van der Waals surface area (Å²) in [5, 5.41) is 6.54. The first-order chi connectivity index (χ1) is 16.6. The number of Topliss-reactive ketones (excluding diaryl/α,β-unsaturated/α-hetero) is 1. The molecular weight excluding hydrogens is 442 g/mol. The minimum Gasteiger partial charge on any atom is -0.382 e. The Kier molecular flexibility index (Phi) is 7.10. The number of anilines is 2. The predicted molar refractivity (Wildman–Crippen MR) is 137 cm³/mol. The number of nitrogens with zero attached hydrogens (tertiary/aromatic N) is 2. The number of rotatable bonds is 8. The molecule has 0 aliphatic carbocycles. The van der Waals surface area contributed by atoms with Gasteiger partial charge < -0.3 is 21.3 Å². The van der Waals surface area contributed by atoms with Gasteiger partial charge >= 0.3 is 0 Å². The maximum atomic E-state index is 13.1. The van der Waals surface area contributed by atoms with Crippen molar-refractivity contribution >= 4 is 29.1 Å². The summed E-state index contributed by atoms with van der Waals surface area (Å²) in [6.07, 6.45) is 5.44. The van der Waals surface area contributed by atoms with Crippen molar-refractivity contribution in [1.82, 2.24) is 10.3 Å². The SMILES string of the molecule is CC(=O)c1ccc(N2C3CCC2CC(NC(=O)c2ccc(C(N)=O)c(NC(C)C(C)C)c2)C3)nc1. The lowest BCUT2D eigenvalue weighted by Gasteiger charge is -2.40. The standard InChI is InChI=1S/C27H35N5O3/c1-15(2)16(3)30-24-11-18(5-9-23(24)26(28)34)27(35)31-20-12-21-7-8-22(13-20)32(21)25-10-6-19(14-29-25)17(4)33/h5-6,9-11,14-16,20-22,30H,7-8,12-13H2,1-4H3,(H2,28,34)(H,31,35). The van der Waals surface area contributed by atoms with Crippen LogP contribution in [0.1, 0.15) is 84.5 Å². The molecule has 4 rings (SSSR count). The van der Waals surface area contributed by atoms with Crippen molar-refractivity contribution in [3.05, 3.63) is 53.2 Å². The first kappa shape index (κ1) is 24.7. The predicted octanol–water partition coefficient (Wildman–Crippen LogP) is 3.77. The zero-order valence-corrected chi connectivity index (χ0v) is 20.9. The van der Waals surface area contributed by atoms with Crippen LogP contribution in [0, 0.1) is 5.92 Å². The third kappa shape index (κ3) is 5.31. The number of primary amides is 1. The highest BCUT2D eigenvalue weighted by Gasteiger charge is 2.41. The Hall–Kier alpha value is -3.42. The van der Waals surface area contributed by atoms with Gasteiger partial charge in [0.2, 0.25) is 0 Å². The minimum atomic E-state index is -0.524. The molecule has 0 saturated carbocycles. The van der Waals surface area contributed by atoms with Crippen molar-refractivity contribution < 1.29 is 14.4 Å². The zero-order chi connectivity index (χ0) is 25.3. The van der Waals surface area contributed by atoms with E-state index in [0.717, 1.165) is 31.5 Å². The van der Waals surface area contributed by atoms with Gasteiger partial charge in [0.1, 0.15) is 5.82 Å². The van der Waals surface area contributed by atoms with Crippen molar-refractivity contribution in [2.75, 3.05) is 10.2 Å². The third-order valence-corrected chi connectivity index (χ3v) is 7.42. The van der Waals surface area contributed by atoms with Gasteiger partial charge in [0.15, 0.2) is 5.78 Å². The summed E-state index contributed by atoms with van der Waals surface area (Å²) in [5.41, 5.74) is 7.64. The fraction of sp³-hybridized carbons (Fsp3) is 0.481. The Bertz CT molecular complexity index is 1100. The Morgan fingerprint density at radius 2 is 1.69 bits per heavy atom. The molecule has 3 atom stereocenters. The van der Waals surface area contributed by atoms with E-state index in [1.54, 1.807) is 31.3 Å². The van der Waals surface area contributed by atoms with E-state index in [4.69, 9.17) is 5.73 Å². The molecule has 2 aromatic rings. The molecule has 1 aromatic heterocycles. The van der Waals surface area contributed by atoms with Crippen LogP contribution in [0.15, 0.2) is 36.5 Å². The van der Waals surface area contributed by atoms with Gasteiger partial charge in [-0.05, 0) is 75.8 Å². The van der Waals surface area contributed by atoms with E-state index in [1.165, 1.54) is 0 Å². The number of ketones is 1. The molecule has 2 bridgehead atoms. The molecule has 8 nitrogen and oxygen atoms in total. The van der Waals surface area contributed by atoms with Crippen LogP contribution in [0.4, 0.5) is 11.5 Å². The Morgan fingerprint density at radius 3 is 2.23 bits per heavy atom. The zero-order valence-electron chi connectivity index (χ0n) is 20.9. The molecule has 2 aliphatic rings. The van der Waals surface area contributed by atoms with Crippen LogP contribution in [0.3, 0.4) is 0 Å². The normalized spacial score (nSPS) is 22.1. The first-order valence-corrected chi connectivity index (χ1v) is 12.4. The van der Waals surface area contributed by atoms with Gasteiger partial charge in [-0.2, -0.15) is 0 Å². The molecule has 2 aliphatic heterocycles. The molecule has 3 heterocycles. The number of carbonyl (C=O) groups excluding carboxylic acids is 3. The van der Waals surface area contributed by atoms with E-state index in [0.29, 0.717) is 40.4 Å². The van der Waals surface area contributed by atoms with Crippen LogP contribution in [-0.4, -0.2) is 46.7 Å². The van der Waals surface area contributed by atoms with E-state index in [-0.39, 0.29) is 23.8 Å². The molecule has 1 aromatic carbocycles. The van der Waals surface area contributed by atoms with Gasteiger partial charge in [0, 0.05) is 47.2 Å². The second-order valence-electron chi connectivity index (χ2n) is 10.2. The lowest BCUT2D eigenvalue weighted by atomic mass is 9.96. The van der Waals surface area contributed by atoms with E-state index in [1.807, 2.05) is 19.1 Å². The van der Waals surface area contributed by atoms with Crippen LogP contribution >= 0.6 is 0 Å². The summed E-state index contributed by atoms with van der Waals surface area (Å²) in [4.78, 5) is 43.5. The second-order valence-corrected chi connectivity index (χ2v) is 10.2. The lowest BCUT2D eigenvalue weighted by molar-refractivity contribution is 0.0924. The summed E-state index contributed by atoms with van der Waals surface area (Å²) in [6, 6.07) is 9.54. The topological polar surface area (TPSA) is 117 Å². The molecule has 0 radical (unpaired) electrons. The van der Waals surface area contributed by atoms with Crippen molar-refractivity contribution in [2.45, 2.75) is 77.5 Å². The Balaban J connectivity index is 1.45. The summed E-state index contributed by atoms with van der Waals surface area (Å²) in [5.74, 6) is 0.577. The maximum Gasteiger partial charge on any atom is 0.251 e. The van der Waals surface area contributed by atoms with Crippen LogP contribution in [0.25, 0.3) is 0 Å². The number of aromatic nitrogens is 1. The average molecular weight is 478 g/mol. The fourth-order valence-electron chi connectivity index (χ4n) is 5.12. The van der Waals surface area contributed by atoms with Gasteiger partial charge in [-0.25, -0.2) is 4.98 Å². The average Bonchev–Trinajstić information content (AvgIpc) is 3.08. The molecule has 186 valence electrons. The highest BCUT2D eigenvalue weighted by Crippen LogP contribution is 2.38. The number of carbonyl (C=O) groups is 3. The largest absolute Gasteiger partial charge is 0.382 e. The monoisotopic (exact) mass is 477 g/mol. The molecular formula is C27H35N5O3. The molecule has 2 saturated heterocycles. The second kappa shape index (κ2) is 10.1. The van der Waals surface area contributed by atoms with Crippen LogP contribution in [0.2, 0.25) is 0 Å². The summed E-state index contributed by atoms with van der Waals surface area (Å²) in [7, 11) is 0. The van der Waals surface area contributed by atoms with Crippen molar-refractivity contribution in [3.8, 4) is 0 Å². The summed E-state index contributed by atoms with van der Waals surface area (Å²) in [6.45, 7) is 7.76. The number of hydrogen-bond acceptors (Lipinski definition) is 6. The number of fused-ring (bicyclic) bond motifs is 2. The van der Waals surface area contributed by atoms with Crippen LogP contribution < -0.4 is 21.3 Å². The number of amides is 2. The molecule has 2 amide bonds. The van der Waals surface area contributed by atoms with E-state index >= 15 is 0 Å². The molecule has 4 N–H and O–H groups in total. The van der Waals surface area contributed by atoms with Crippen molar-refractivity contribution in [2.24, 2.45) is 11.7 Å². The molecule has 8 heteroatoms. The van der Waals surface area contributed by atoms with E-state index in [2.05, 4.69) is 34.4 Å². The molecule has 3 unspecified atom stereocenters. The molecule has 2 fully saturated rings. The van der Waals surface area contributed by atoms with Crippen molar-refractivity contribution in [3.63, 3.8) is 0 Å². The summed E-state index contributed by atoms with van der Waals surface area (Å²) >= 11 is 0. The highest BCUT2D eigenvalue weighted by molar-refractivity contribution is 6.02. The van der Waals surface area contributed by atoms with Crippen LogP contribution in [-0.2, 0) is 0 Å². The Morgan fingerprint density at radius 1 is 1.03 bits per heavy atom. The minimum absolute atomic E-state index is 0.00863. The van der Waals surface area contributed by atoms with Gasteiger partial charge in [0.25, 0.3) is 11.8 Å². The molecule has 35 heavy (non-hydrogen) atoms. The van der Waals surface area contributed by atoms with Gasteiger partial charge in [-0.3, -0.25) is 14.4 Å². The van der Waals surface area contributed by atoms with E-state index in [9.17, 15) is 14.4 Å². The first-order valence-electron chi connectivity index (χ1n) is 12.4. The third-order valence-electron chi connectivity index (χ3n) is 7.42. The van der Waals surface area contributed by atoms with E-state index < -0.39 is 5.91 Å². The van der Waals surface area contributed by atoms with Crippen LogP contribution in [0.5, 0.6) is 0 Å².